The number of aromatic nitrogens is 4. The van der Waals surface area contributed by atoms with Gasteiger partial charge in [0.25, 0.3) is 5.69 Å². The molecule has 1 amide bonds. The quantitative estimate of drug-likeness (QED) is 0.406. The van der Waals surface area contributed by atoms with E-state index in [-0.39, 0.29) is 17.3 Å². The Hall–Kier alpha value is -3.01. The van der Waals surface area contributed by atoms with Crippen molar-refractivity contribution in [3.63, 3.8) is 0 Å². The zero-order chi connectivity index (χ0) is 17.8. The van der Waals surface area contributed by atoms with E-state index in [1.165, 1.54) is 28.4 Å². The monoisotopic (exact) mass is 358 g/mol. The minimum absolute atomic E-state index is 0.00557. The van der Waals surface area contributed by atoms with Gasteiger partial charge in [0, 0.05) is 24.2 Å². The van der Waals surface area contributed by atoms with Crippen LogP contribution in [0.5, 0.6) is 0 Å². The van der Waals surface area contributed by atoms with Gasteiger partial charge in [0.05, 0.1) is 16.4 Å². The summed E-state index contributed by atoms with van der Waals surface area (Å²) in [6.45, 7) is 2.41. The normalized spacial score (nSPS) is 10.8. The number of carbonyl (C=O) groups excluding carboxylic acids is 1. The minimum atomic E-state index is -0.450. The molecule has 0 saturated carbocycles. The molecule has 0 aliphatic rings. The molecule has 0 fully saturated rings. The molecule has 0 aliphatic carbocycles. The van der Waals surface area contributed by atoms with Gasteiger partial charge in [-0.1, -0.05) is 23.9 Å². The number of carbonyl (C=O) groups is 1. The van der Waals surface area contributed by atoms with E-state index in [0.29, 0.717) is 28.6 Å². The summed E-state index contributed by atoms with van der Waals surface area (Å²) in [5.74, 6) is 0.108. The Bertz CT molecular complexity index is 942. The lowest BCUT2D eigenvalue weighted by Gasteiger charge is -2.03. The number of nitro benzene ring substituents is 1. The van der Waals surface area contributed by atoms with Gasteiger partial charge in [-0.3, -0.25) is 14.9 Å². The van der Waals surface area contributed by atoms with E-state index in [2.05, 4.69) is 20.6 Å². The molecule has 9 nitrogen and oxygen atoms in total. The number of fused-ring (bicyclic) bond motifs is 1. The lowest BCUT2D eigenvalue weighted by Crippen LogP contribution is -2.24. The molecule has 25 heavy (non-hydrogen) atoms. The fourth-order valence-electron chi connectivity index (χ4n) is 2.17. The van der Waals surface area contributed by atoms with Crippen molar-refractivity contribution in [3.8, 4) is 11.3 Å². The van der Waals surface area contributed by atoms with Crippen LogP contribution in [-0.4, -0.2) is 42.9 Å². The summed E-state index contributed by atoms with van der Waals surface area (Å²) >= 11 is 1.22. The summed E-state index contributed by atoms with van der Waals surface area (Å²) in [4.78, 5) is 22.1. The van der Waals surface area contributed by atoms with Gasteiger partial charge >= 0.3 is 0 Å². The van der Waals surface area contributed by atoms with Crippen LogP contribution in [0.3, 0.4) is 0 Å². The summed E-state index contributed by atoms with van der Waals surface area (Å²) in [7, 11) is 0. The van der Waals surface area contributed by atoms with Gasteiger partial charge < -0.3 is 5.32 Å². The molecule has 3 aromatic rings. The maximum atomic E-state index is 11.6. The second-order valence-electron chi connectivity index (χ2n) is 5.02. The van der Waals surface area contributed by atoms with Crippen LogP contribution in [-0.2, 0) is 4.79 Å². The third-order valence-corrected chi connectivity index (χ3v) is 4.21. The van der Waals surface area contributed by atoms with Gasteiger partial charge in [-0.15, -0.1) is 10.2 Å². The van der Waals surface area contributed by atoms with Crippen molar-refractivity contribution in [2.75, 3.05) is 12.3 Å². The SMILES string of the molecule is CCNC(=O)CSc1nnc2ccc(-c3cccc([N+](=O)[O-])c3)nn12. The highest BCUT2D eigenvalue weighted by Crippen LogP contribution is 2.23. The van der Waals surface area contributed by atoms with Crippen LogP contribution in [0.4, 0.5) is 5.69 Å². The summed E-state index contributed by atoms with van der Waals surface area (Å²) < 4.78 is 1.53. The highest BCUT2D eigenvalue weighted by atomic mass is 32.2. The average Bonchev–Trinajstić information content (AvgIpc) is 3.02. The van der Waals surface area contributed by atoms with E-state index in [4.69, 9.17) is 0 Å². The van der Waals surface area contributed by atoms with E-state index < -0.39 is 4.92 Å². The van der Waals surface area contributed by atoms with Crippen molar-refractivity contribution in [2.45, 2.75) is 12.1 Å². The molecule has 0 saturated heterocycles. The Labute approximate surface area is 146 Å². The van der Waals surface area contributed by atoms with Gasteiger partial charge in [0.2, 0.25) is 11.1 Å². The molecule has 0 radical (unpaired) electrons. The zero-order valence-corrected chi connectivity index (χ0v) is 14.1. The standard InChI is InChI=1S/C15H14N6O3S/c1-2-16-14(22)9-25-15-18-17-13-7-6-12(19-20(13)15)10-4-3-5-11(8-10)21(23)24/h3-8H,2,9H2,1H3,(H,16,22). The third-order valence-electron chi connectivity index (χ3n) is 3.29. The lowest BCUT2D eigenvalue weighted by molar-refractivity contribution is -0.384. The van der Waals surface area contributed by atoms with E-state index in [9.17, 15) is 14.9 Å². The molecule has 128 valence electrons. The molecule has 0 unspecified atom stereocenters. The number of nitrogens with one attached hydrogen (secondary N) is 1. The van der Waals surface area contributed by atoms with Crippen LogP contribution >= 0.6 is 11.8 Å². The molecular weight excluding hydrogens is 344 g/mol. The van der Waals surface area contributed by atoms with Gasteiger partial charge in [-0.25, -0.2) is 0 Å². The van der Waals surface area contributed by atoms with Crippen LogP contribution < -0.4 is 5.32 Å². The number of rotatable bonds is 6. The maximum absolute atomic E-state index is 11.6. The first-order chi connectivity index (χ1) is 12.1. The summed E-state index contributed by atoms with van der Waals surface area (Å²) in [5, 5.41) is 26.6. The van der Waals surface area contributed by atoms with Gasteiger partial charge in [-0.05, 0) is 19.1 Å². The van der Waals surface area contributed by atoms with Crippen LogP contribution in [0.2, 0.25) is 0 Å². The van der Waals surface area contributed by atoms with Crippen molar-refractivity contribution in [1.82, 2.24) is 25.1 Å². The molecule has 10 heteroatoms. The summed E-state index contributed by atoms with van der Waals surface area (Å²) in [6.07, 6.45) is 0. The fraction of sp³-hybridized carbons (Fsp3) is 0.200. The Balaban J connectivity index is 1.91. The highest BCUT2D eigenvalue weighted by Gasteiger charge is 2.13. The number of amides is 1. The van der Waals surface area contributed by atoms with Crippen molar-refractivity contribution in [1.29, 1.82) is 0 Å². The fourth-order valence-corrected chi connectivity index (χ4v) is 2.89. The van der Waals surface area contributed by atoms with Crippen LogP contribution in [0, 0.1) is 10.1 Å². The van der Waals surface area contributed by atoms with Gasteiger partial charge in [-0.2, -0.15) is 9.61 Å². The number of nitro groups is 1. The first-order valence-electron chi connectivity index (χ1n) is 7.45. The number of thioether (sulfide) groups is 1. The molecule has 0 spiro atoms. The van der Waals surface area contributed by atoms with Crippen LogP contribution in [0.1, 0.15) is 6.92 Å². The first kappa shape index (κ1) is 16.8. The van der Waals surface area contributed by atoms with E-state index in [1.54, 1.807) is 24.3 Å². The van der Waals surface area contributed by atoms with Crippen molar-refractivity contribution < 1.29 is 9.72 Å². The van der Waals surface area contributed by atoms with Crippen molar-refractivity contribution in [2.24, 2.45) is 0 Å². The Morgan fingerprint density at radius 1 is 1.32 bits per heavy atom. The van der Waals surface area contributed by atoms with E-state index >= 15 is 0 Å². The van der Waals surface area contributed by atoms with Crippen LogP contribution in [0.25, 0.3) is 16.9 Å². The smallest absolute Gasteiger partial charge is 0.270 e. The number of hydrogen-bond acceptors (Lipinski definition) is 7. The average molecular weight is 358 g/mol. The van der Waals surface area contributed by atoms with E-state index in [1.807, 2.05) is 6.92 Å². The van der Waals surface area contributed by atoms with Gasteiger partial charge in [0.1, 0.15) is 0 Å². The Morgan fingerprint density at radius 2 is 2.16 bits per heavy atom. The van der Waals surface area contributed by atoms with E-state index in [0.717, 1.165) is 0 Å². The molecule has 2 aromatic heterocycles. The lowest BCUT2D eigenvalue weighted by atomic mass is 10.1. The second kappa shape index (κ2) is 7.26. The minimum Gasteiger partial charge on any atom is -0.356 e. The Morgan fingerprint density at radius 3 is 2.92 bits per heavy atom. The predicted octanol–water partition coefficient (Wildman–Crippen LogP) is 1.93. The molecule has 3 rings (SSSR count). The molecule has 1 aromatic carbocycles. The number of non-ortho nitro benzene ring substituents is 1. The number of hydrogen-bond donors (Lipinski definition) is 1. The molecule has 0 atom stereocenters. The Kier molecular flexibility index (Phi) is 4.89. The predicted molar refractivity (Wildman–Crippen MR) is 92.3 cm³/mol. The highest BCUT2D eigenvalue weighted by molar-refractivity contribution is 7.99. The summed E-state index contributed by atoms with van der Waals surface area (Å²) in [6, 6.07) is 9.68. The molecule has 0 bridgehead atoms. The van der Waals surface area contributed by atoms with Crippen molar-refractivity contribution >= 4 is 29.0 Å². The number of benzene rings is 1. The molecule has 0 aliphatic heterocycles. The van der Waals surface area contributed by atoms with Gasteiger partial charge in [0.15, 0.2) is 5.65 Å². The zero-order valence-electron chi connectivity index (χ0n) is 13.2. The molecular formula is C15H14N6O3S. The molecule has 2 heterocycles. The summed E-state index contributed by atoms with van der Waals surface area (Å²) in [5.41, 5.74) is 1.70. The first-order valence-corrected chi connectivity index (χ1v) is 8.44. The van der Waals surface area contributed by atoms with Crippen molar-refractivity contribution in [3.05, 3.63) is 46.5 Å². The van der Waals surface area contributed by atoms with Crippen LogP contribution in [0.15, 0.2) is 41.6 Å². The molecule has 1 N–H and O–H groups in total. The third kappa shape index (κ3) is 3.74. The topological polar surface area (TPSA) is 115 Å². The number of nitrogens with zero attached hydrogens (tertiary/aromatic N) is 5. The second-order valence-corrected chi connectivity index (χ2v) is 5.96. The largest absolute Gasteiger partial charge is 0.356 e. The maximum Gasteiger partial charge on any atom is 0.270 e.